The van der Waals surface area contributed by atoms with E-state index in [0.29, 0.717) is 42.8 Å². The lowest BCUT2D eigenvalue weighted by Gasteiger charge is -2.24. The molecule has 1 aliphatic rings. The van der Waals surface area contributed by atoms with Gasteiger partial charge in [-0.1, -0.05) is 36.4 Å². The van der Waals surface area contributed by atoms with Crippen molar-refractivity contribution < 1.29 is 27.4 Å². The molecule has 0 radical (unpaired) electrons. The first-order chi connectivity index (χ1) is 16.8. The maximum absolute atomic E-state index is 12.8. The fourth-order valence-corrected chi connectivity index (χ4v) is 4.54. The van der Waals surface area contributed by atoms with E-state index in [1.54, 1.807) is 30.3 Å². The van der Waals surface area contributed by atoms with Crippen molar-refractivity contribution in [3.8, 4) is 17.2 Å². The monoisotopic (exact) mass is 496 g/mol. The molecule has 1 unspecified atom stereocenters. The van der Waals surface area contributed by atoms with Crippen LogP contribution in [0.1, 0.15) is 24.1 Å². The van der Waals surface area contributed by atoms with Gasteiger partial charge in [-0.25, -0.2) is 8.42 Å². The number of nitrogens with zero attached hydrogens (tertiary/aromatic N) is 1. The van der Waals surface area contributed by atoms with E-state index < -0.39 is 15.9 Å². The topological polar surface area (TPSA) is 94.2 Å². The molecule has 0 aromatic heterocycles. The largest absolute Gasteiger partial charge is 0.489 e. The Morgan fingerprint density at radius 2 is 1.69 bits per heavy atom. The number of amides is 1. The number of nitrogens with one attached hydrogen (secondary N) is 1. The van der Waals surface area contributed by atoms with Gasteiger partial charge in [0.15, 0.2) is 11.5 Å². The molecule has 9 heteroatoms. The minimum absolute atomic E-state index is 0.349. The van der Waals surface area contributed by atoms with Crippen LogP contribution in [0.5, 0.6) is 17.2 Å². The van der Waals surface area contributed by atoms with Crippen LogP contribution in [0, 0.1) is 0 Å². The summed E-state index contributed by atoms with van der Waals surface area (Å²) in [7, 11) is -3.70. The number of anilines is 1. The van der Waals surface area contributed by atoms with Gasteiger partial charge in [0.25, 0.3) is 0 Å². The highest BCUT2D eigenvalue weighted by Crippen LogP contribution is 2.32. The molecule has 4 rings (SSSR count). The highest BCUT2D eigenvalue weighted by molar-refractivity contribution is 7.92. The number of benzene rings is 3. The Labute approximate surface area is 205 Å². The molecule has 0 fully saturated rings. The van der Waals surface area contributed by atoms with Crippen molar-refractivity contribution in [3.05, 3.63) is 83.9 Å². The van der Waals surface area contributed by atoms with Gasteiger partial charge in [-0.3, -0.25) is 9.10 Å². The van der Waals surface area contributed by atoms with Crippen LogP contribution in [0.25, 0.3) is 0 Å². The van der Waals surface area contributed by atoms with E-state index in [1.807, 2.05) is 49.4 Å². The Balaban J connectivity index is 1.40. The fourth-order valence-electron chi connectivity index (χ4n) is 3.68. The SMILES string of the molecule is CC(NC(=O)CN(c1ccc(OCc2ccccc2)cc1)S(C)(=O)=O)c1ccc2c(c1)OCCO2. The predicted molar refractivity (Wildman–Crippen MR) is 133 cm³/mol. The van der Waals surface area contributed by atoms with Gasteiger partial charge in [0.05, 0.1) is 18.0 Å². The molecule has 0 spiro atoms. The maximum Gasteiger partial charge on any atom is 0.241 e. The lowest BCUT2D eigenvalue weighted by Crippen LogP contribution is -2.41. The van der Waals surface area contributed by atoms with Crippen LogP contribution >= 0.6 is 0 Å². The summed E-state index contributed by atoms with van der Waals surface area (Å²) >= 11 is 0. The van der Waals surface area contributed by atoms with Crippen molar-refractivity contribution in [1.82, 2.24) is 5.32 Å². The summed E-state index contributed by atoms with van der Waals surface area (Å²) < 4.78 is 42.9. The molecule has 0 bridgehead atoms. The standard InChI is InChI=1S/C26H28N2O6S/c1-19(21-8-13-24-25(16-21)33-15-14-32-24)27-26(29)17-28(35(2,30)31)22-9-11-23(12-10-22)34-18-20-6-4-3-5-7-20/h3-13,16,19H,14-15,17-18H2,1-2H3,(H,27,29). The minimum Gasteiger partial charge on any atom is -0.489 e. The van der Waals surface area contributed by atoms with Crippen molar-refractivity contribution >= 4 is 21.6 Å². The van der Waals surface area contributed by atoms with Crippen LogP contribution in [0.15, 0.2) is 72.8 Å². The number of hydrogen-bond acceptors (Lipinski definition) is 6. The summed E-state index contributed by atoms with van der Waals surface area (Å²) in [6.07, 6.45) is 1.07. The number of fused-ring (bicyclic) bond motifs is 1. The van der Waals surface area contributed by atoms with E-state index in [1.165, 1.54) is 0 Å². The number of carbonyl (C=O) groups is 1. The molecule has 1 atom stereocenters. The van der Waals surface area contributed by atoms with Crippen LogP contribution in [0.2, 0.25) is 0 Å². The van der Waals surface area contributed by atoms with Crippen molar-refractivity contribution in [3.63, 3.8) is 0 Å². The van der Waals surface area contributed by atoms with E-state index in [4.69, 9.17) is 14.2 Å². The van der Waals surface area contributed by atoms with Gasteiger partial charge in [0, 0.05) is 0 Å². The average Bonchev–Trinajstić information content (AvgIpc) is 2.86. The third kappa shape index (κ3) is 6.45. The molecule has 1 aliphatic heterocycles. The average molecular weight is 497 g/mol. The smallest absolute Gasteiger partial charge is 0.241 e. The zero-order chi connectivity index (χ0) is 24.8. The van der Waals surface area contributed by atoms with Crippen LogP contribution in [-0.4, -0.2) is 40.3 Å². The Morgan fingerprint density at radius 3 is 2.37 bits per heavy atom. The molecule has 0 saturated heterocycles. The Bertz CT molecular complexity index is 1260. The van der Waals surface area contributed by atoms with Gasteiger partial charge in [0.1, 0.15) is 32.1 Å². The second kappa shape index (κ2) is 10.7. The van der Waals surface area contributed by atoms with Crippen LogP contribution in [0.3, 0.4) is 0 Å². The van der Waals surface area contributed by atoms with Crippen molar-refractivity contribution in [2.75, 3.05) is 30.3 Å². The third-order valence-corrected chi connectivity index (χ3v) is 6.64. The van der Waals surface area contributed by atoms with Crippen LogP contribution < -0.4 is 23.8 Å². The first kappa shape index (κ1) is 24.4. The molecule has 0 aliphatic carbocycles. The number of sulfonamides is 1. The minimum atomic E-state index is -3.70. The molecule has 8 nitrogen and oxygen atoms in total. The quantitative estimate of drug-likeness (QED) is 0.486. The highest BCUT2D eigenvalue weighted by atomic mass is 32.2. The molecule has 1 heterocycles. The molecular formula is C26H28N2O6S. The van der Waals surface area contributed by atoms with E-state index in [0.717, 1.165) is 21.7 Å². The zero-order valence-electron chi connectivity index (χ0n) is 19.6. The van der Waals surface area contributed by atoms with Gasteiger partial charge in [0.2, 0.25) is 15.9 Å². The van der Waals surface area contributed by atoms with Gasteiger partial charge >= 0.3 is 0 Å². The lowest BCUT2D eigenvalue weighted by molar-refractivity contribution is -0.120. The number of ether oxygens (including phenoxy) is 3. The Kier molecular flexibility index (Phi) is 7.45. The van der Waals surface area contributed by atoms with E-state index in [9.17, 15) is 13.2 Å². The summed E-state index contributed by atoms with van der Waals surface area (Å²) in [6, 6.07) is 21.5. The van der Waals surface area contributed by atoms with Gasteiger partial charge < -0.3 is 19.5 Å². The van der Waals surface area contributed by atoms with E-state index in [-0.39, 0.29) is 12.6 Å². The summed E-state index contributed by atoms with van der Waals surface area (Å²) in [5.41, 5.74) is 2.23. The molecule has 3 aromatic rings. The molecule has 0 saturated carbocycles. The van der Waals surface area contributed by atoms with E-state index in [2.05, 4.69) is 5.32 Å². The molecule has 1 N–H and O–H groups in total. The first-order valence-corrected chi connectivity index (χ1v) is 13.1. The second-order valence-corrected chi connectivity index (χ2v) is 10.1. The summed E-state index contributed by atoms with van der Waals surface area (Å²) in [5.74, 6) is 1.46. The Morgan fingerprint density at radius 1 is 1.00 bits per heavy atom. The van der Waals surface area contributed by atoms with Crippen molar-refractivity contribution in [2.24, 2.45) is 0 Å². The van der Waals surface area contributed by atoms with Gasteiger partial charge in [-0.05, 0) is 54.4 Å². The first-order valence-electron chi connectivity index (χ1n) is 11.2. The molecule has 3 aromatic carbocycles. The van der Waals surface area contributed by atoms with Crippen LogP contribution in [0.4, 0.5) is 5.69 Å². The summed E-state index contributed by atoms with van der Waals surface area (Å²) in [4.78, 5) is 12.8. The van der Waals surface area contributed by atoms with E-state index >= 15 is 0 Å². The molecule has 35 heavy (non-hydrogen) atoms. The summed E-state index contributed by atoms with van der Waals surface area (Å²) in [5, 5.41) is 2.86. The summed E-state index contributed by atoms with van der Waals surface area (Å²) in [6.45, 7) is 2.84. The van der Waals surface area contributed by atoms with Gasteiger partial charge in [-0.2, -0.15) is 0 Å². The molecule has 1 amide bonds. The zero-order valence-corrected chi connectivity index (χ0v) is 20.5. The Hall–Kier alpha value is -3.72. The predicted octanol–water partition coefficient (Wildman–Crippen LogP) is 3.68. The number of carbonyl (C=O) groups excluding carboxylic acids is 1. The normalized spacial score (nSPS) is 13.5. The van der Waals surface area contributed by atoms with Crippen molar-refractivity contribution in [1.29, 1.82) is 0 Å². The highest BCUT2D eigenvalue weighted by Gasteiger charge is 2.23. The number of rotatable bonds is 9. The van der Waals surface area contributed by atoms with Crippen molar-refractivity contribution in [2.45, 2.75) is 19.6 Å². The third-order valence-electron chi connectivity index (χ3n) is 5.50. The fraction of sp³-hybridized carbons (Fsp3) is 0.269. The van der Waals surface area contributed by atoms with Gasteiger partial charge in [-0.15, -0.1) is 0 Å². The maximum atomic E-state index is 12.8. The molecule has 184 valence electrons. The second-order valence-electron chi connectivity index (χ2n) is 8.23. The number of hydrogen-bond donors (Lipinski definition) is 1. The lowest BCUT2D eigenvalue weighted by atomic mass is 10.1. The van der Waals surface area contributed by atoms with Crippen LogP contribution in [-0.2, 0) is 21.4 Å². The molecular weight excluding hydrogens is 468 g/mol.